The van der Waals surface area contributed by atoms with Gasteiger partial charge in [-0.25, -0.2) is 0 Å². The van der Waals surface area contributed by atoms with Gasteiger partial charge in [0, 0.05) is 32.3 Å². The van der Waals surface area contributed by atoms with Crippen LogP contribution in [0.25, 0.3) is 6.08 Å². The minimum Gasteiger partial charge on any atom is -0.376 e. The van der Waals surface area contributed by atoms with Crippen molar-refractivity contribution in [1.82, 2.24) is 9.47 Å². The van der Waals surface area contributed by atoms with Crippen LogP contribution in [0.4, 0.5) is 5.82 Å². The molecule has 0 aromatic carbocycles. The lowest BCUT2D eigenvalue weighted by molar-refractivity contribution is -0.123. The van der Waals surface area contributed by atoms with Gasteiger partial charge in [0.25, 0.3) is 11.5 Å². The molecule has 2 atom stereocenters. The van der Waals surface area contributed by atoms with E-state index < -0.39 is 0 Å². The average Bonchev–Trinajstić information content (AvgIpc) is 3.37. The number of nitrogens with zero attached hydrogens (tertiary/aromatic N) is 4. The van der Waals surface area contributed by atoms with Gasteiger partial charge < -0.3 is 9.64 Å². The number of thiocarbonyl (C=S) groups is 1. The lowest BCUT2D eigenvalue weighted by Crippen LogP contribution is -2.39. The van der Waals surface area contributed by atoms with Gasteiger partial charge in [0.15, 0.2) is 0 Å². The second-order valence-electron chi connectivity index (χ2n) is 8.83. The zero-order chi connectivity index (χ0) is 23.0. The van der Waals surface area contributed by atoms with Crippen LogP contribution in [-0.4, -0.2) is 52.0 Å². The number of anilines is 1. The van der Waals surface area contributed by atoms with Crippen molar-refractivity contribution in [1.29, 1.82) is 5.26 Å². The standard InChI is InChI=1S/C23H28N4O3S2/c1-14-6-4-8-26(12-14)20-17(15(2)18(11-24)21(28)25(20)3)10-19-22(29)27(23(31)32-19)13-16-7-5-9-30-16/h10,14,16H,4-9,12-13H2,1-3H3. The van der Waals surface area contributed by atoms with Crippen molar-refractivity contribution in [2.75, 3.05) is 31.1 Å². The van der Waals surface area contributed by atoms with Crippen LogP contribution in [-0.2, 0) is 16.6 Å². The molecule has 3 saturated heterocycles. The maximum Gasteiger partial charge on any atom is 0.270 e. The molecule has 3 aliphatic rings. The Morgan fingerprint density at radius 3 is 2.75 bits per heavy atom. The second kappa shape index (κ2) is 9.38. The monoisotopic (exact) mass is 472 g/mol. The molecule has 9 heteroatoms. The van der Waals surface area contributed by atoms with Gasteiger partial charge in [-0.05, 0) is 50.2 Å². The van der Waals surface area contributed by atoms with E-state index in [1.807, 2.05) is 6.08 Å². The first-order valence-electron chi connectivity index (χ1n) is 11.1. The number of aromatic nitrogens is 1. The smallest absolute Gasteiger partial charge is 0.270 e. The zero-order valence-corrected chi connectivity index (χ0v) is 20.4. The van der Waals surface area contributed by atoms with Crippen LogP contribution in [0.2, 0.25) is 0 Å². The fourth-order valence-electron chi connectivity index (χ4n) is 4.76. The minimum atomic E-state index is -0.304. The van der Waals surface area contributed by atoms with Crippen molar-refractivity contribution in [2.45, 2.75) is 45.6 Å². The van der Waals surface area contributed by atoms with Crippen molar-refractivity contribution in [3.63, 3.8) is 0 Å². The summed E-state index contributed by atoms with van der Waals surface area (Å²) in [5, 5.41) is 9.64. The van der Waals surface area contributed by atoms with Gasteiger partial charge in [-0.3, -0.25) is 19.1 Å². The minimum absolute atomic E-state index is 0.0201. The molecule has 4 rings (SSSR count). The first kappa shape index (κ1) is 23.0. The molecule has 0 bridgehead atoms. The van der Waals surface area contributed by atoms with E-state index >= 15 is 0 Å². The number of amides is 1. The van der Waals surface area contributed by atoms with Gasteiger partial charge in [-0.15, -0.1) is 0 Å². The van der Waals surface area contributed by atoms with Gasteiger partial charge >= 0.3 is 0 Å². The number of thioether (sulfide) groups is 1. The topological polar surface area (TPSA) is 78.6 Å². The molecule has 2 unspecified atom stereocenters. The average molecular weight is 473 g/mol. The third kappa shape index (κ3) is 4.24. The number of rotatable bonds is 4. The van der Waals surface area contributed by atoms with E-state index in [0.29, 0.717) is 27.3 Å². The SMILES string of the molecule is Cc1c(C=C2SC(=S)N(CC3CCCO3)C2=O)c(N2CCCC(C)C2)n(C)c(=O)c1C#N. The van der Waals surface area contributed by atoms with E-state index in [4.69, 9.17) is 17.0 Å². The highest BCUT2D eigenvalue weighted by Gasteiger charge is 2.35. The lowest BCUT2D eigenvalue weighted by atomic mass is 9.98. The highest BCUT2D eigenvalue weighted by Crippen LogP contribution is 2.37. The predicted molar refractivity (Wildman–Crippen MR) is 131 cm³/mol. The number of hydrogen-bond donors (Lipinski definition) is 0. The number of hydrogen-bond acceptors (Lipinski definition) is 7. The molecule has 0 N–H and O–H groups in total. The molecule has 4 heterocycles. The Kier molecular flexibility index (Phi) is 6.75. The van der Waals surface area contributed by atoms with Crippen molar-refractivity contribution < 1.29 is 9.53 Å². The summed E-state index contributed by atoms with van der Waals surface area (Å²) < 4.78 is 7.77. The molecule has 3 aliphatic heterocycles. The molecule has 0 spiro atoms. The van der Waals surface area contributed by atoms with Crippen LogP contribution < -0.4 is 10.5 Å². The van der Waals surface area contributed by atoms with E-state index in [2.05, 4.69) is 17.9 Å². The maximum absolute atomic E-state index is 13.2. The summed E-state index contributed by atoms with van der Waals surface area (Å²) in [6.45, 7) is 6.85. The maximum atomic E-state index is 13.2. The van der Waals surface area contributed by atoms with Crippen LogP contribution in [0.3, 0.4) is 0 Å². The summed E-state index contributed by atoms with van der Waals surface area (Å²) in [5.74, 6) is 1.13. The van der Waals surface area contributed by atoms with E-state index in [-0.39, 0.29) is 23.1 Å². The molecule has 1 aromatic heterocycles. The van der Waals surface area contributed by atoms with Crippen LogP contribution in [0.5, 0.6) is 0 Å². The molecular weight excluding hydrogens is 444 g/mol. The molecule has 0 radical (unpaired) electrons. The number of ether oxygens (including phenoxy) is 1. The number of pyridine rings is 1. The van der Waals surface area contributed by atoms with E-state index in [1.165, 1.54) is 11.8 Å². The molecule has 7 nitrogen and oxygen atoms in total. The molecule has 0 aliphatic carbocycles. The van der Waals surface area contributed by atoms with Crippen molar-refractivity contribution in [3.05, 3.63) is 31.9 Å². The molecule has 3 fully saturated rings. The zero-order valence-electron chi connectivity index (χ0n) is 18.7. The molecule has 32 heavy (non-hydrogen) atoms. The number of piperidine rings is 1. The third-order valence-corrected chi connectivity index (χ3v) is 7.86. The fraction of sp³-hybridized carbons (Fsp3) is 0.565. The second-order valence-corrected chi connectivity index (χ2v) is 10.5. The molecule has 170 valence electrons. The number of nitriles is 1. The summed E-state index contributed by atoms with van der Waals surface area (Å²) in [4.78, 5) is 30.5. The Balaban J connectivity index is 1.77. The third-order valence-electron chi connectivity index (χ3n) is 6.48. The highest BCUT2D eigenvalue weighted by atomic mass is 32.2. The van der Waals surface area contributed by atoms with Gasteiger partial charge in [0.05, 0.1) is 17.6 Å². The van der Waals surface area contributed by atoms with Gasteiger partial charge in [0.1, 0.15) is 21.8 Å². The van der Waals surface area contributed by atoms with Crippen LogP contribution >= 0.6 is 24.0 Å². The Bertz CT molecular complexity index is 1080. The van der Waals surface area contributed by atoms with E-state index in [9.17, 15) is 14.9 Å². The Hall–Kier alpha value is -2.15. The summed E-state index contributed by atoms with van der Waals surface area (Å²) in [5.41, 5.74) is 1.16. The molecule has 1 amide bonds. The first-order valence-corrected chi connectivity index (χ1v) is 12.3. The van der Waals surface area contributed by atoms with Crippen LogP contribution in [0.1, 0.15) is 49.3 Å². The predicted octanol–water partition coefficient (Wildman–Crippen LogP) is 3.18. The molecular formula is C23H28N4O3S2. The normalized spacial score (nSPS) is 25.1. The molecule has 1 aromatic rings. The fourth-order valence-corrected chi connectivity index (χ4v) is 6.01. The summed E-state index contributed by atoms with van der Waals surface area (Å²) in [6, 6.07) is 2.06. The van der Waals surface area contributed by atoms with E-state index in [1.54, 1.807) is 23.4 Å². The largest absolute Gasteiger partial charge is 0.376 e. The summed E-state index contributed by atoms with van der Waals surface area (Å²) in [6.07, 6.45) is 5.96. The quantitative estimate of drug-likeness (QED) is 0.492. The van der Waals surface area contributed by atoms with Crippen molar-refractivity contribution >= 4 is 46.1 Å². The Morgan fingerprint density at radius 2 is 2.09 bits per heavy atom. The summed E-state index contributed by atoms with van der Waals surface area (Å²) in [7, 11) is 1.71. The van der Waals surface area contributed by atoms with Crippen LogP contribution in [0.15, 0.2) is 9.70 Å². The van der Waals surface area contributed by atoms with Gasteiger partial charge in [0.2, 0.25) is 0 Å². The Morgan fingerprint density at radius 1 is 1.31 bits per heavy atom. The van der Waals surface area contributed by atoms with Crippen LogP contribution in [0, 0.1) is 24.2 Å². The number of carbonyl (C=O) groups excluding carboxylic acids is 1. The van der Waals surface area contributed by atoms with Gasteiger partial charge in [-0.1, -0.05) is 30.9 Å². The first-order chi connectivity index (χ1) is 15.3. The van der Waals surface area contributed by atoms with Gasteiger partial charge in [-0.2, -0.15) is 5.26 Å². The number of carbonyl (C=O) groups is 1. The highest BCUT2D eigenvalue weighted by molar-refractivity contribution is 8.26. The summed E-state index contributed by atoms with van der Waals surface area (Å²) >= 11 is 6.77. The van der Waals surface area contributed by atoms with E-state index in [0.717, 1.165) is 56.8 Å². The lowest BCUT2D eigenvalue weighted by Gasteiger charge is -2.35. The Labute approximate surface area is 198 Å². The molecule has 0 saturated carbocycles. The van der Waals surface area contributed by atoms with Crippen molar-refractivity contribution in [3.8, 4) is 6.07 Å². The van der Waals surface area contributed by atoms with Crippen molar-refractivity contribution in [2.24, 2.45) is 13.0 Å².